The molecule has 0 amide bonds. The van der Waals surface area contributed by atoms with Gasteiger partial charge in [-0.3, -0.25) is 4.79 Å². The minimum Gasteiger partial charge on any atom is -0.486 e. The van der Waals surface area contributed by atoms with Gasteiger partial charge in [0.25, 0.3) is 0 Å². The molecule has 0 heterocycles. The third-order valence-electron chi connectivity index (χ3n) is 1.92. The van der Waals surface area contributed by atoms with E-state index in [-0.39, 0.29) is 12.9 Å². The second-order valence-electron chi connectivity index (χ2n) is 3.41. The van der Waals surface area contributed by atoms with Gasteiger partial charge in [0.1, 0.15) is 12.4 Å². The van der Waals surface area contributed by atoms with Crippen LogP contribution in [-0.4, -0.2) is 32.4 Å². The summed E-state index contributed by atoms with van der Waals surface area (Å²) in [5, 5.41) is 0. The topological polar surface area (TPSA) is 44.8 Å². The van der Waals surface area contributed by atoms with Crippen molar-refractivity contribution in [3.63, 3.8) is 0 Å². The molecular weight excluding hydrogens is 312 g/mol. The fraction of sp³-hybridized carbons (Fsp3) is 0.500. The van der Waals surface area contributed by atoms with E-state index in [4.69, 9.17) is 14.2 Å². The van der Waals surface area contributed by atoms with Crippen LogP contribution in [0.5, 0.6) is 5.75 Å². The summed E-state index contributed by atoms with van der Waals surface area (Å²) in [4.78, 5) is 9.93. The number of hydrogen-bond acceptors (Lipinski definition) is 4. The van der Waals surface area contributed by atoms with E-state index in [1.165, 1.54) is 0 Å². The van der Waals surface area contributed by atoms with Crippen LogP contribution >= 0.6 is 15.9 Å². The van der Waals surface area contributed by atoms with Gasteiger partial charge in [-0.05, 0) is 39.0 Å². The first kappa shape index (κ1) is 18.1. The lowest BCUT2D eigenvalue weighted by Gasteiger charge is -2.09. The predicted octanol–water partition coefficient (Wildman–Crippen LogP) is 3.43. The minimum atomic E-state index is -0.0370. The van der Waals surface area contributed by atoms with E-state index in [9.17, 15) is 4.79 Å². The molecule has 0 aliphatic rings. The third kappa shape index (κ3) is 10.7. The molecule has 0 radical (unpaired) electrons. The summed E-state index contributed by atoms with van der Waals surface area (Å²) in [7, 11) is 0. The Labute approximate surface area is 123 Å². The van der Waals surface area contributed by atoms with Crippen LogP contribution in [0.25, 0.3) is 0 Å². The first-order valence-corrected chi connectivity index (χ1v) is 6.98. The van der Waals surface area contributed by atoms with Gasteiger partial charge < -0.3 is 14.2 Å². The number of rotatable bonds is 7. The monoisotopic (exact) mass is 332 g/mol. The van der Waals surface area contributed by atoms with E-state index < -0.39 is 0 Å². The van der Waals surface area contributed by atoms with Gasteiger partial charge in [-0.15, -0.1) is 0 Å². The van der Waals surface area contributed by atoms with Crippen molar-refractivity contribution in [2.45, 2.75) is 27.1 Å². The van der Waals surface area contributed by atoms with Gasteiger partial charge in [0.15, 0.2) is 12.6 Å². The molecule has 0 fully saturated rings. The Hall–Kier alpha value is -0.910. The fourth-order valence-electron chi connectivity index (χ4n) is 1.20. The molecular formula is C14H21BrO4. The minimum absolute atomic E-state index is 0.0370. The maximum absolute atomic E-state index is 9.93. The Balaban J connectivity index is 0.000000362. The Morgan fingerprint density at radius 1 is 1.26 bits per heavy atom. The smallest absolute Gasteiger partial charge is 0.157 e. The average Bonchev–Trinajstić information content (AvgIpc) is 2.38. The van der Waals surface area contributed by atoms with E-state index >= 15 is 0 Å². The van der Waals surface area contributed by atoms with Crippen molar-refractivity contribution >= 4 is 22.2 Å². The highest BCUT2D eigenvalue weighted by Gasteiger charge is 1.94. The van der Waals surface area contributed by atoms with E-state index in [1.807, 2.05) is 39.0 Å². The highest BCUT2D eigenvalue weighted by Crippen LogP contribution is 2.17. The highest BCUT2D eigenvalue weighted by molar-refractivity contribution is 9.10. The van der Waals surface area contributed by atoms with Gasteiger partial charge in [-0.1, -0.05) is 22.0 Å². The molecule has 4 nitrogen and oxygen atoms in total. The van der Waals surface area contributed by atoms with E-state index in [0.717, 1.165) is 24.0 Å². The van der Waals surface area contributed by atoms with Crippen LogP contribution < -0.4 is 4.74 Å². The Morgan fingerprint density at radius 2 is 1.89 bits per heavy atom. The van der Waals surface area contributed by atoms with Crippen molar-refractivity contribution in [1.82, 2.24) is 0 Å². The Morgan fingerprint density at radius 3 is 2.37 bits per heavy atom. The summed E-state index contributed by atoms with van der Waals surface area (Å²) in [5.41, 5.74) is 0. The molecule has 0 spiro atoms. The van der Waals surface area contributed by atoms with Crippen LogP contribution in [-0.2, 0) is 14.3 Å². The standard InChI is InChI=1S/C8H7BrO2.C6H14O2/c9-7-2-1-3-8(6-7)11-5-4-10;1-4-7-6(3)8-5-2/h1-4,6H,5H2;6H,4-5H2,1-3H3. The lowest BCUT2D eigenvalue weighted by atomic mass is 10.3. The van der Waals surface area contributed by atoms with Gasteiger partial charge in [0.05, 0.1) is 0 Å². The number of halogens is 1. The molecule has 0 N–H and O–H groups in total. The summed E-state index contributed by atoms with van der Waals surface area (Å²) in [6, 6.07) is 7.36. The van der Waals surface area contributed by atoms with Crippen molar-refractivity contribution in [3.05, 3.63) is 28.7 Å². The molecule has 0 aliphatic carbocycles. The quantitative estimate of drug-likeness (QED) is 0.566. The molecule has 0 saturated heterocycles. The number of carbonyl (C=O) groups excluding carboxylic acids is 1. The fourth-order valence-corrected chi connectivity index (χ4v) is 1.58. The molecule has 5 heteroatoms. The number of aldehydes is 1. The third-order valence-corrected chi connectivity index (χ3v) is 2.41. The number of hydrogen-bond donors (Lipinski definition) is 0. The molecule has 0 bridgehead atoms. The highest BCUT2D eigenvalue weighted by atomic mass is 79.9. The van der Waals surface area contributed by atoms with Crippen LogP contribution in [0.1, 0.15) is 20.8 Å². The second-order valence-corrected chi connectivity index (χ2v) is 4.33. The van der Waals surface area contributed by atoms with E-state index in [2.05, 4.69) is 15.9 Å². The van der Waals surface area contributed by atoms with Gasteiger partial charge in [-0.25, -0.2) is 0 Å². The van der Waals surface area contributed by atoms with Crippen molar-refractivity contribution in [1.29, 1.82) is 0 Å². The maximum atomic E-state index is 9.93. The maximum Gasteiger partial charge on any atom is 0.157 e. The van der Waals surface area contributed by atoms with Gasteiger partial charge in [0.2, 0.25) is 0 Å². The summed E-state index contributed by atoms with van der Waals surface area (Å²) < 4.78 is 16.1. The van der Waals surface area contributed by atoms with Crippen LogP contribution in [0.15, 0.2) is 28.7 Å². The molecule has 0 aliphatic heterocycles. The Kier molecular flexibility index (Phi) is 11.6. The van der Waals surface area contributed by atoms with E-state index in [0.29, 0.717) is 5.75 Å². The van der Waals surface area contributed by atoms with Crippen LogP contribution in [0.3, 0.4) is 0 Å². The molecule has 0 aromatic heterocycles. The van der Waals surface area contributed by atoms with Crippen molar-refractivity contribution in [2.24, 2.45) is 0 Å². The zero-order chi connectivity index (χ0) is 14.5. The van der Waals surface area contributed by atoms with Crippen LogP contribution in [0.4, 0.5) is 0 Å². The molecule has 108 valence electrons. The molecule has 0 saturated carbocycles. The number of carbonyl (C=O) groups is 1. The SMILES string of the molecule is CCOC(C)OCC.O=CCOc1cccc(Br)c1. The lowest BCUT2D eigenvalue weighted by molar-refractivity contribution is -0.123. The van der Waals surface area contributed by atoms with Gasteiger partial charge in [0, 0.05) is 17.7 Å². The van der Waals surface area contributed by atoms with Crippen LogP contribution in [0.2, 0.25) is 0 Å². The van der Waals surface area contributed by atoms with Crippen molar-refractivity contribution in [2.75, 3.05) is 19.8 Å². The molecule has 1 aromatic rings. The van der Waals surface area contributed by atoms with E-state index in [1.54, 1.807) is 6.07 Å². The van der Waals surface area contributed by atoms with Crippen molar-refractivity contribution in [3.8, 4) is 5.75 Å². The summed E-state index contributed by atoms with van der Waals surface area (Å²) >= 11 is 3.29. The van der Waals surface area contributed by atoms with Crippen molar-refractivity contribution < 1.29 is 19.0 Å². The molecule has 1 aromatic carbocycles. The number of ether oxygens (including phenoxy) is 3. The van der Waals surface area contributed by atoms with Gasteiger partial charge in [-0.2, -0.15) is 0 Å². The molecule has 0 unspecified atom stereocenters. The summed E-state index contributed by atoms with van der Waals surface area (Å²) in [6.45, 7) is 7.36. The summed E-state index contributed by atoms with van der Waals surface area (Å²) in [5.74, 6) is 0.700. The van der Waals surface area contributed by atoms with Gasteiger partial charge >= 0.3 is 0 Å². The average molecular weight is 333 g/mol. The second kappa shape index (κ2) is 12.1. The molecule has 19 heavy (non-hydrogen) atoms. The van der Waals surface area contributed by atoms with Crippen LogP contribution in [0, 0.1) is 0 Å². The first-order chi connectivity index (χ1) is 9.13. The zero-order valence-electron chi connectivity index (χ0n) is 11.6. The lowest BCUT2D eigenvalue weighted by Crippen LogP contribution is -2.11. The zero-order valence-corrected chi connectivity index (χ0v) is 13.2. The molecule has 0 atom stereocenters. The molecule has 1 rings (SSSR count). The Bertz CT molecular complexity index is 338. The first-order valence-electron chi connectivity index (χ1n) is 6.19. The summed E-state index contributed by atoms with van der Waals surface area (Å²) in [6.07, 6.45) is 0.686. The normalized spacial score (nSPS) is 9.74. The largest absolute Gasteiger partial charge is 0.486 e. The number of benzene rings is 1. The predicted molar refractivity (Wildman–Crippen MR) is 78.4 cm³/mol.